The molecule has 2 aliphatic rings. The third-order valence-electron chi connectivity index (χ3n) is 6.53. The third kappa shape index (κ3) is 4.87. The van der Waals surface area contributed by atoms with Gasteiger partial charge >= 0.3 is 7.12 Å². The molecular formula is C21H35BN4O5. The van der Waals surface area contributed by atoms with Crippen LogP contribution in [0.1, 0.15) is 54.4 Å². The summed E-state index contributed by atoms with van der Waals surface area (Å²) in [5, 5.41) is 18.8. The van der Waals surface area contributed by atoms with Crippen molar-refractivity contribution >= 4 is 24.4 Å². The average Bonchev–Trinajstić information content (AvgIpc) is 2.94. The molecule has 2 atom stereocenters. The summed E-state index contributed by atoms with van der Waals surface area (Å²) >= 11 is 0. The van der Waals surface area contributed by atoms with Crippen LogP contribution in [0.3, 0.4) is 0 Å². The smallest absolute Gasteiger partial charge is 0.399 e. The van der Waals surface area contributed by atoms with E-state index in [1.54, 1.807) is 17.3 Å². The van der Waals surface area contributed by atoms with Gasteiger partial charge in [-0.15, -0.1) is 0 Å². The molecule has 9 nitrogen and oxygen atoms in total. The first-order valence-electron chi connectivity index (χ1n) is 11.0. The molecule has 0 bridgehead atoms. The van der Waals surface area contributed by atoms with Crippen molar-refractivity contribution < 1.29 is 24.3 Å². The number of aromatic nitrogens is 2. The van der Waals surface area contributed by atoms with Crippen LogP contribution >= 0.6 is 0 Å². The highest BCUT2D eigenvalue weighted by Gasteiger charge is 2.52. The molecule has 3 rings (SSSR count). The topological polar surface area (TPSA) is 108 Å². The van der Waals surface area contributed by atoms with E-state index >= 15 is 0 Å². The number of amides is 1. The minimum Gasteiger partial charge on any atom is -0.399 e. The first kappa shape index (κ1) is 23.9. The molecular weight excluding hydrogens is 399 g/mol. The molecule has 1 unspecified atom stereocenters. The highest BCUT2D eigenvalue weighted by molar-refractivity contribution is 6.61. The molecule has 0 aliphatic carbocycles. The van der Waals surface area contributed by atoms with Gasteiger partial charge in [-0.2, -0.15) is 0 Å². The number of rotatable bonds is 6. The van der Waals surface area contributed by atoms with Gasteiger partial charge in [0.05, 0.1) is 17.8 Å². The van der Waals surface area contributed by atoms with Crippen LogP contribution in [0.4, 0.5) is 5.95 Å². The number of likely N-dealkylation sites (tertiary alicyclic amines) is 1. The van der Waals surface area contributed by atoms with Gasteiger partial charge in [-0.3, -0.25) is 4.79 Å². The van der Waals surface area contributed by atoms with Crippen molar-refractivity contribution in [3.05, 3.63) is 12.4 Å². The van der Waals surface area contributed by atoms with Crippen molar-refractivity contribution in [1.82, 2.24) is 14.9 Å². The molecule has 0 aromatic carbocycles. The van der Waals surface area contributed by atoms with Gasteiger partial charge in [0.15, 0.2) is 6.10 Å². The van der Waals surface area contributed by atoms with Gasteiger partial charge in [0.25, 0.3) is 5.91 Å². The lowest BCUT2D eigenvalue weighted by molar-refractivity contribution is -0.143. The van der Waals surface area contributed by atoms with Crippen LogP contribution in [0.25, 0.3) is 0 Å². The molecule has 10 heteroatoms. The molecule has 1 amide bonds. The number of carbonyl (C=O) groups excluding carboxylic acids is 1. The average molecular weight is 434 g/mol. The molecule has 2 aliphatic heterocycles. The van der Waals surface area contributed by atoms with Crippen LogP contribution in [0.2, 0.25) is 0 Å². The monoisotopic (exact) mass is 434 g/mol. The zero-order chi connectivity index (χ0) is 23.0. The number of piperidine rings is 1. The predicted molar refractivity (Wildman–Crippen MR) is 118 cm³/mol. The highest BCUT2D eigenvalue weighted by Crippen LogP contribution is 2.36. The van der Waals surface area contributed by atoms with E-state index in [9.17, 15) is 9.90 Å². The number of aliphatic hydroxyl groups excluding tert-OH is 2. The van der Waals surface area contributed by atoms with E-state index in [0.29, 0.717) is 19.0 Å². The standard InChI is InChI=1S/C21H35BN4O5/c1-14(2)26(16-8-7-9-25(12-16)18(29)17(28)13-27)19-23-10-15(11-24-19)22-30-20(3,4)21(5,6)31-22/h10-11,14,16-17,27-28H,7-9,12-13H2,1-6H3/t16-,17?/m1/s1. The Morgan fingerprint density at radius 2 is 1.84 bits per heavy atom. The maximum absolute atomic E-state index is 12.3. The number of hydrogen-bond donors (Lipinski definition) is 2. The Balaban J connectivity index is 1.76. The fourth-order valence-electron chi connectivity index (χ4n) is 4.05. The molecule has 2 N–H and O–H groups in total. The van der Waals surface area contributed by atoms with Crippen molar-refractivity contribution in [2.24, 2.45) is 0 Å². The molecule has 1 aromatic rings. The Labute approximate surface area is 184 Å². The van der Waals surface area contributed by atoms with Gasteiger partial charge in [0, 0.05) is 43.0 Å². The second-order valence-corrected chi connectivity index (χ2v) is 9.68. The number of nitrogens with zero attached hydrogens (tertiary/aromatic N) is 4. The SMILES string of the molecule is CC(C)N(c1ncc(B2OC(C)(C)C(C)(C)O2)cn1)[C@@H]1CCCN(C(=O)C(O)CO)C1. The zero-order valence-electron chi connectivity index (χ0n) is 19.4. The summed E-state index contributed by atoms with van der Waals surface area (Å²) < 4.78 is 12.2. The van der Waals surface area contributed by atoms with Gasteiger partial charge in [-0.1, -0.05) is 0 Å². The van der Waals surface area contributed by atoms with E-state index in [-0.39, 0.29) is 12.1 Å². The molecule has 172 valence electrons. The summed E-state index contributed by atoms with van der Waals surface area (Å²) in [5.41, 5.74) is -0.104. The van der Waals surface area contributed by atoms with Crippen LogP contribution in [-0.2, 0) is 14.1 Å². The Bertz CT molecular complexity index is 758. The second kappa shape index (κ2) is 9.01. The Hall–Kier alpha value is -1.75. The van der Waals surface area contributed by atoms with Crippen molar-refractivity contribution in [3.8, 4) is 0 Å². The van der Waals surface area contributed by atoms with E-state index < -0.39 is 36.9 Å². The van der Waals surface area contributed by atoms with Gasteiger partial charge in [0.1, 0.15) is 0 Å². The molecule has 0 radical (unpaired) electrons. The van der Waals surface area contributed by atoms with Crippen molar-refractivity contribution in [1.29, 1.82) is 0 Å². The molecule has 2 saturated heterocycles. The summed E-state index contributed by atoms with van der Waals surface area (Å²) in [7, 11) is -0.519. The minimum atomic E-state index is -1.37. The molecule has 0 spiro atoms. The van der Waals surface area contributed by atoms with Crippen LogP contribution < -0.4 is 10.4 Å². The van der Waals surface area contributed by atoms with Crippen LogP contribution in [0.15, 0.2) is 12.4 Å². The lowest BCUT2D eigenvalue weighted by atomic mass is 9.81. The maximum atomic E-state index is 12.3. The molecule has 3 heterocycles. The fraction of sp³-hybridized carbons (Fsp3) is 0.762. The Morgan fingerprint density at radius 3 is 2.35 bits per heavy atom. The zero-order valence-corrected chi connectivity index (χ0v) is 19.4. The third-order valence-corrected chi connectivity index (χ3v) is 6.53. The van der Waals surface area contributed by atoms with E-state index in [1.165, 1.54) is 0 Å². The number of anilines is 1. The van der Waals surface area contributed by atoms with E-state index in [2.05, 4.69) is 28.7 Å². The molecule has 2 fully saturated rings. The van der Waals surface area contributed by atoms with Crippen LogP contribution in [0.5, 0.6) is 0 Å². The quantitative estimate of drug-likeness (QED) is 0.617. The number of carbonyl (C=O) groups is 1. The van der Waals surface area contributed by atoms with Gasteiger partial charge < -0.3 is 29.3 Å². The maximum Gasteiger partial charge on any atom is 0.498 e. The summed E-state index contributed by atoms with van der Waals surface area (Å²) in [6, 6.07) is 0.136. The second-order valence-electron chi connectivity index (χ2n) is 9.68. The van der Waals surface area contributed by atoms with Crippen LogP contribution in [0, 0.1) is 0 Å². The van der Waals surface area contributed by atoms with Crippen molar-refractivity contribution in [2.75, 3.05) is 24.6 Å². The van der Waals surface area contributed by atoms with E-state index in [0.717, 1.165) is 18.3 Å². The summed E-state index contributed by atoms with van der Waals surface area (Å²) in [5.74, 6) is 0.144. The fourth-order valence-corrected chi connectivity index (χ4v) is 4.05. The van der Waals surface area contributed by atoms with E-state index in [4.69, 9.17) is 14.4 Å². The number of hydrogen-bond acceptors (Lipinski definition) is 8. The van der Waals surface area contributed by atoms with Crippen molar-refractivity contribution in [2.45, 2.75) is 83.8 Å². The largest absolute Gasteiger partial charge is 0.498 e. The lowest BCUT2D eigenvalue weighted by Gasteiger charge is -2.41. The first-order chi connectivity index (χ1) is 14.5. The van der Waals surface area contributed by atoms with E-state index in [1.807, 2.05) is 27.7 Å². The lowest BCUT2D eigenvalue weighted by Crippen LogP contribution is -2.54. The summed E-state index contributed by atoms with van der Waals surface area (Å²) in [6.45, 7) is 12.6. The summed E-state index contributed by atoms with van der Waals surface area (Å²) in [4.78, 5) is 25.3. The molecule has 31 heavy (non-hydrogen) atoms. The predicted octanol–water partition coefficient (Wildman–Crippen LogP) is 0.335. The summed E-state index contributed by atoms with van der Waals surface area (Å²) in [6.07, 6.45) is 3.80. The molecule has 0 saturated carbocycles. The van der Waals surface area contributed by atoms with Gasteiger partial charge in [-0.25, -0.2) is 9.97 Å². The Kier molecular flexibility index (Phi) is 6.95. The minimum absolute atomic E-state index is 0.0197. The Morgan fingerprint density at radius 1 is 1.26 bits per heavy atom. The van der Waals surface area contributed by atoms with Gasteiger partial charge in [0.2, 0.25) is 5.95 Å². The van der Waals surface area contributed by atoms with Crippen LogP contribution in [-0.4, -0.2) is 87.2 Å². The van der Waals surface area contributed by atoms with Crippen molar-refractivity contribution in [3.63, 3.8) is 0 Å². The highest BCUT2D eigenvalue weighted by atomic mass is 16.7. The first-order valence-corrected chi connectivity index (χ1v) is 11.0. The normalized spacial score (nSPS) is 23.8. The number of aliphatic hydroxyl groups is 2. The van der Waals surface area contributed by atoms with Gasteiger partial charge in [-0.05, 0) is 54.4 Å². The molecule has 1 aromatic heterocycles.